The van der Waals surface area contributed by atoms with E-state index in [2.05, 4.69) is 9.97 Å². The Morgan fingerprint density at radius 2 is 1.91 bits per heavy atom. The van der Waals surface area contributed by atoms with Crippen molar-refractivity contribution in [3.8, 4) is 0 Å². The van der Waals surface area contributed by atoms with E-state index in [1.165, 1.54) is 22.0 Å². The van der Waals surface area contributed by atoms with Crippen molar-refractivity contribution >= 4 is 52.4 Å². The number of rotatable bonds is 7. The molecule has 1 N–H and O–H groups in total. The van der Waals surface area contributed by atoms with Gasteiger partial charge in [0.1, 0.15) is 5.76 Å². The van der Waals surface area contributed by atoms with Crippen LogP contribution in [0.4, 0.5) is 0 Å². The third kappa shape index (κ3) is 5.92. The third-order valence-corrected chi connectivity index (χ3v) is 8.52. The molecule has 6 rings (SSSR count). The molecule has 216 valence electrons. The van der Waals surface area contributed by atoms with Gasteiger partial charge in [0.05, 0.1) is 28.5 Å². The smallest absolute Gasteiger partial charge is 0.338 e. The van der Waals surface area contributed by atoms with Crippen molar-refractivity contribution in [2.45, 2.75) is 30.1 Å². The molecule has 1 aliphatic rings. The average Bonchev–Trinajstić information content (AvgIpc) is 3.55. The van der Waals surface area contributed by atoms with E-state index >= 15 is 0 Å². The van der Waals surface area contributed by atoms with Gasteiger partial charge in [0.25, 0.3) is 11.1 Å². The highest BCUT2D eigenvalue weighted by atomic mass is 35.5. The predicted octanol–water partition coefficient (Wildman–Crippen LogP) is 4.72. The second kappa shape index (κ2) is 12.0. The Bertz CT molecular complexity index is 2110. The number of ether oxygens (including phenoxy) is 1. The first-order valence-corrected chi connectivity index (χ1v) is 15.2. The van der Waals surface area contributed by atoms with Gasteiger partial charge in [-0.15, -0.1) is 0 Å². The monoisotopic (exact) mass is 630 g/mol. The van der Waals surface area contributed by atoms with Crippen LogP contribution in [-0.2, 0) is 9.53 Å². The maximum Gasteiger partial charge on any atom is 0.338 e. The second-order valence-corrected chi connectivity index (χ2v) is 11.9. The van der Waals surface area contributed by atoms with Crippen LogP contribution in [0.3, 0.4) is 0 Å². The number of aromatic nitrogens is 3. The largest absolute Gasteiger partial charge is 0.463 e. The topological polar surface area (TPSA) is 120 Å². The van der Waals surface area contributed by atoms with Gasteiger partial charge >= 0.3 is 5.97 Å². The number of fused-ring (bicyclic) bond motifs is 1. The summed E-state index contributed by atoms with van der Waals surface area (Å²) in [4.78, 5) is 51.6. The lowest BCUT2D eigenvalue weighted by Crippen LogP contribution is -2.39. The van der Waals surface area contributed by atoms with Crippen LogP contribution in [0.25, 0.3) is 11.8 Å². The summed E-state index contributed by atoms with van der Waals surface area (Å²) in [6.07, 6.45) is 1.63. The molecule has 0 radical (unpaired) electrons. The Morgan fingerprint density at radius 1 is 1.14 bits per heavy atom. The van der Waals surface area contributed by atoms with Gasteiger partial charge in [0.2, 0.25) is 0 Å². The molecule has 0 saturated heterocycles. The number of thiazole rings is 1. The van der Waals surface area contributed by atoms with Crippen LogP contribution in [-0.4, -0.2) is 27.1 Å². The van der Waals surface area contributed by atoms with Gasteiger partial charge in [-0.1, -0.05) is 65.4 Å². The predicted molar refractivity (Wildman–Crippen MR) is 165 cm³/mol. The number of nitrogens with one attached hydrogen (secondary N) is 1. The number of carbonyl (C=O) groups is 1. The zero-order valence-corrected chi connectivity index (χ0v) is 25.3. The summed E-state index contributed by atoms with van der Waals surface area (Å²) >= 11 is 8.54. The number of carbonyl (C=O) groups excluding carboxylic acids is 1. The lowest BCUT2D eigenvalue weighted by atomic mass is 9.93. The van der Waals surface area contributed by atoms with Crippen LogP contribution in [0.5, 0.6) is 0 Å². The van der Waals surface area contributed by atoms with Crippen LogP contribution in [0.1, 0.15) is 35.5 Å². The van der Waals surface area contributed by atoms with E-state index in [0.29, 0.717) is 47.3 Å². The van der Waals surface area contributed by atoms with Crippen LogP contribution < -0.4 is 20.5 Å². The minimum atomic E-state index is -0.808. The fourth-order valence-corrected chi connectivity index (χ4v) is 6.60. The number of esters is 1. The Kier molecular flexibility index (Phi) is 8.02. The molecular formula is C31H23ClN4O5S2. The molecule has 0 saturated carbocycles. The van der Waals surface area contributed by atoms with Gasteiger partial charge in [-0.05, 0) is 55.4 Å². The van der Waals surface area contributed by atoms with Crippen molar-refractivity contribution in [3.05, 3.63) is 136 Å². The molecule has 12 heteroatoms. The van der Waals surface area contributed by atoms with E-state index in [1.807, 2.05) is 30.3 Å². The minimum absolute atomic E-state index is 0.160. The highest BCUT2D eigenvalue weighted by Gasteiger charge is 2.35. The molecule has 9 nitrogen and oxygen atoms in total. The molecule has 0 aliphatic carbocycles. The van der Waals surface area contributed by atoms with Gasteiger partial charge < -0.3 is 14.1 Å². The SMILES string of the molecule is CCOC(=O)C1=C(c2ccccc2)N=c2s/c(=C/c3ccc(Sc4nc(C)cc(=O)[nH]4)o3)c(=O)n2[C@@H]1c1ccc(Cl)cc1. The van der Waals surface area contributed by atoms with Crippen LogP contribution in [0.15, 0.2) is 108 Å². The zero-order valence-electron chi connectivity index (χ0n) is 22.9. The first kappa shape index (κ1) is 28.7. The van der Waals surface area contributed by atoms with Crippen molar-refractivity contribution in [1.82, 2.24) is 14.5 Å². The number of hydrogen-bond acceptors (Lipinski definition) is 9. The molecule has 0 unspecified atom stereocenters. The van der Waals surface area contributed by atoms with E-state index in [0.717, 1.165) is 17.3 Å². The maximum absolute atomic E-state index is 14.0. The van der Waals surface area contributed by atoms with E-state index in [4.69, 9.17) is 25.7 Å². The van der Waals surface area contributed by atoms with Crippen molar-refractivity contribution in [3.63, 3.8) is 0 Å². The maximum atomic E-state index is 14.0. The molecule has 1 atom stereocenters. The van der Waals surface area contributed by atoms with E-state index in [1.54, 1.807) is 56.3 Å². The Morgan fingerprint density at radius 3 is 2.63 bits per heavy atom. The molecule has 1 aliphatic heterocycles. The quantitative estimate of drug-likeness (QED) is 0.204. The standard InChI is InChI=1S/C31H23ClN4O5S2/c1-3-40-29(39)25-26(18-7-5-4-6-8-18)35-31-36(27(25)19-9-11-20(32)12-10-19)28(38)22(42-31)16-21-13-14-24(41-21)43-30-33-17(2)15-23(37)34-30/h4-16,27H,3H2,1-2H3,(H,33,34,37)/b22-16+/t27-/m1/s1. The summed E-state index contributed by atoms with van der Waals surface area (Å²) in [5.74, 6) is -0.131. The number of nitrogens with zero attached hydrogens (tertiary/aromatic N) is 3. The van der Waals surface area contributed by atoms with E-state index < -0.39 is 12.0 Å². The molecule has 0 spiro atoms. The van der Waals surface area contributed by atoms with Gasteiger partial charge in [-0.25, -0.2) is 14.8 Å². The number of halogens is 1. The molecule has 0 amide bonds. The van der Waals surface area contributed by atoms with Crippen molar-refractivity contribution < 1.29 is 13.9 Å². The molecule has 0 bridgehead atoms. The molecule has 2 aromatic carbocycles. The summed E-state index contributed by atoms with van der Waals surface area (Å²) in [6, 6.07) is 20.4. The van der Waals surface area contributed by atoms with Crippen molar-refractivity contribution in [2.75, 3.05) is 6.61 Å². The Balaban J connectivity index is 1.50. The molecule has 0 fully saturated rings. The lowest BCUT2D eigenvalue weighted by Gasteiger charge is -2.25. The number of hydrogen-bond donors (Lipinski definition) is 1. The van der Waals surface area contributed by atoms with E-state index in [-0.39, 0.29) is 23.3 Å². The fraction of sp³-hybridized carbons (Fsp3) is 0.129. The second-order valence-electron chi connectivity index (χ2n) is 9.43. The van der Waals surface area contributed by atoms with Gasteiger partial charge in [-0.2, -0.15) is 0 Å². The molecule has 3 aromatic heterocycles. The summed E-state index contributed by atoms with van der Waals surface area (Å²) in [5.41, 5.74) is 2.08. The molecule has 4 heterocycles. The summed E-state index contributed by atoms with van der Waals surface area (Å²) in [6.45, 7) is 3.63. The van der Waals surface area contributed by atoms with E-state index in [9.17, 15) is 14.4 Å². The van der Waals surface area contributed by atoms with Crippen LogP contribution >= 0.6 is 34.7 Å². The number of H-pyrrole nitrogens is 1. The fourth-order valence-electron chi connectivity index (χ4n) is 4.69. The third-order valence-electron chi connectivity index (χ3n) is 6.48. The molecule has 5 aromatic rings. The summed E-state index contributed by atoms with van der Waals surface area (Å²) in [5, 5.41) is 1.41. The Labute approximate surface area is 257 Å². The Hall–Kier alpha value is -4.45. The first-order chi connectivity index (χ1) is 20.8. The highest BCUT2D eigenvalue weighted by molar-refractivity contribution is 7.99. The average molecular weight is 631 g/mol. The van der Waals surface area contributed by atoms with Crippen LogP contribution in [0.2, 0.25) is 5.02 Å². The lowest BCUT2D eigenvalue weighted by molar-refractivity contribution is -0.138. The molecule has 43 heavy (non-hydrogen) atoms. The highest BCUT2D eigenvalue weighted by Crippen LogP contribution is 2.35. The number of aromatic amines is 1. The summed E-state index contributed by atoms with van der Waals surface area (Å²) in [7, 11) is 0. The summed E-state index contributed by atoms with van der Waals surface area (Å²) < 4.78 is 13.3. The van der Waals surface area contributed by atoms with Crippen molar-refractivity contribution in [2.24, 2.45) is 4.99 Å². The molecular weight excluding hydrogens is 608 g/mol. The number of benzene rings is 2. The zero-order chi connectivity index (χ0) is 30.1. The van der Waals surface area contributed by atoms with Crippen molar-refractivity contribution in [1.29, 1.82) is 0 Å². The van der Waals surface area contributed by atoms with Gasteiger partial charge in [0.15, 0.2) is 15.1 Å². The first-order valence-electron chi connectivity index (χ1n) is 13.2. The number of aryl methyl sites for hydroxylation is 1. The normalized spacial score (nSPS) is 14.9. The van der Waals surface area contributed by atoms with Gasteiger partial charge in [-0.3, -0.25) is 14.2 Å². The minimum Gasteiger partial charge on any atom is -0.463 e. The van der Waals surface area contributed by atoms with Crippen LogP contribution in [0, 0.1) is 6.92 Å². The number of furan rings is 1. The van der Waals surface area contributed by atoms with Gasteiger partial charge in [0, 0.05) is 28.4 Å².